The van der Waals surface area contributed by atoms with Crippen LogP contribution < -0.4 is 5.73 Å². The Morgan fingerprint density at radius 1 is 1.46 bits per heavy atom. The summed E-state index contributed by atoms with van der Waals surface area (Å²) in [5.41, 5.74) is 6.57. The number of hydrogen-bond acceptors (Lipinski definition) is 4. The van der Waals surface area contributed by atoms with Gasteiger partial charge in [-0.15, -0.1) is 11.3 Å². The average molecular weight is 193 g/mol. The van der Waals surface area contributed by atoms with E-state index in [9.17, 15) is 0 Å². The first kappa shape index (κ1) is 8.59. The Morgan fingerprint density at radius 2 is 2.23 bits per heavy atom. The Kier molecular flexibility index (Phi) is 1.82. The third kappa shape index (κ3) is 1.55. The summed E-state index contributed by atoms with van der Waals surface area (Å²) < 4.78 is 1.09. The lowest BCUT2D eigenvalue weighted by molar-refractivity contribution is 0.551. The summed E-state index contributed by atoms with van der Waals surface area (Å²) >= 11 is 1.61. The smallest absolute Gasteiger partial charge is 0.113 e. The highest BCUT2D eigenvalue weighted by Crippen LogP contribution is 2.27. The monoisotopic (exact) mass is 193 g/mol. The fourth-order valence-electron chi connectivity index (χ4n) is 1.06. The van der Waals surface area contributed by atoms with Crippen molar-refractivity contribution in [2.45, 2.75) is 19.4 Å². The molecule has 2 heterocycles. The Bertz CT molecular complexity index is 395. The van der Waals surface area contributed by atoms with E-state index in [2.05, 4.69) is 9.97 Å². The first-order valence-corrected chi connectivity index (χ1v) is 4.89. The molecule has 0 fully saturated rings. The predicted octanol–water partition coefficient (Wildman–Crippen LogP) is 1.89. The molecule has 0 amide bonds. The molecule has 3 nitrogen and oxygen atoms in total. The van der Waals surface area contributed by atoms with E-state index in [-0.39, 0.29) is 5.54 Å². The summed E-state index contributed by atoms with van der Waals surface area (Å²) in [5.74, 6) is 0. The van der Waals surface area contributed by atoms with E-state index in [4.69, 9.17) is 5.73 Å². The van der Waals surface area contributed by atoms with Gasteiger partial charge in [-0.1, -0.05) is 0 Å². The van der Waals surface area contributed by atoms with Gasteiger partial charge in [-0.05, 0) is 19.9 Å². The van der Waals surface area contributed by atoms with Crippen molar-refractivity contribution in [2.24, 2.45) is 5.73 Å². The number of nitrogens with zero attached hydrogens (tertiary/aromatic N) is 2. The van der Waals surface area contributed by atoms with Crippen LogP contribution in [0, 0.1) is 0 Å². The number of rotatable bonds is 1. The highest BCUT2D eigenvalue weighted by Gasteiger charge is 2.18. The molecule has 0 aliphatic rings. The minimum absolute atomic E-state index is 0.357. The van der Waals surface area contributed by atoms with Crippen LogP contribution in [0.4, 0.5) is 0 Å². The number of nitrogens with two attached hydrogens (primary N) is 1. The Balaban J connectivity index is 2.63. The van der Waals surface area contributed by atoms with Gasteiger partial charge in [0.15, 0.2) is 0 Å². The van der Waals surface area contributed by atoms with Gasteiger partial charge in [-0.3, -0.25) is 4.98 Å². The Morgan fingerprint density at radius 3 is 2.85 bits per heavy atom. The van der Waals surface area contributed by atoms with Crippen LogP contribution in [0.5, 0.6) is 0 Å². The topological polar surface area (TPSA) is 51.8 Å². The van der Waals surface area contributed by atoms with Gasteiger partial charge in [0, 0.05) is 12.4 Å². The van der Waals surface area contributed by atoms with Crippen molar-refractivity contribution in [3.05, 3.63) is 23.5 Å². The number of pyridine rings is 1. The van der Waals surface area contributed by atoms with Crippen LogP contribution in [0.25, 0.3) is 10.2 Å². The van der Waals surface area contributed by atoms with E-state index in [1.807, 2.05) is 26.1 Å². The van der Waals surface area contributed by atoms with E-state index >= 15 is 0 Å². The van der Waals surface area contributed by atoms with Crippen molar-refractivity contribution in [1.82, 2.24) is 9.97 Å². The highest BCUT2D eigenvalue weighted by molar-refractivity contribution is 7.18. The van der Waals surface area contributed by atoms with E-state index in [1.165, 1.54) is 0 Å². The fourth-order valence-corrected chi connectivity index (χ4v) is 2.00. The van der Waals surface area contributed by atoms with Gasteiger partial charge in [0.1, 0.15) is 5.01 Å². The molecule has 2 aromatic heterocycles. The van der Waals surface area contributed by atoms with Crippen LogP contribution in [-0.4, -0.2) is 9.97 Å². The predicted molar refractivity (Wildman–Crippen MR) is 54.6 cm³/mol. The van der Waals surface area contributed by atoms with Gasteiger partial charge in [0.25, 0.3) is 0 Å². The summed E-state index contributed by atoms with van der Waals surface area (Å²) in [6.45, 7) is 3.91. The molecule has 0 bridgehead atoms. The zero-order valence-electron chi connectivity index (χ0n) is 7.61. The summed E-state index contributed by atoms with van der Waals surface area (Å²) in [6.07, 6.45) is 3.57. The molecule has 2 aromatic rings. The molecule has 13 heavy (non-hydrogen) atoms. The van der Waals surface area contributed by atoms with Crippen molar-refractivity contribution >= 4 is 21.6 Å². The summed E-state index contributed by atoms with van der Waals surface area (Å²) in [6, 6.07) is 1.90. The summed E-state index contributed by atoms with van der Waals surface area (Å²) in [7, 11) is 0. The molecule has 0 radical (unpaired) electrons. The van der Waals surface area contributed by atoms with Gasteiger partial charge >= 0.3 is 0 Å². The molecule has 2 rings (SSSR count). The molecular formula is C9H11N3S. The SMILES string of the molecule is CC(C)(N)c1nc2ccncc2s1. The molecule has 0 saturated carbocycles. The van der Waals surface area contributed by atoms with Gasteiger partial charge in [0.2, 0.25) is 0 Å². The van der Waals surface area contributed by atoms with E-state index in [0.717, 1.165) is 15.2 Å². The second-order valence-electron chi connectivity index (χ2n) is 3.58. The van der Waals surface area contributed by atoms with Gasteiger partial charge in [-0.25, -0.2) is 4.98 Å². The summed E-state index contributed by atoms with van der Waals surface area (Å²) in [4.78, 5) is 8.48. The third-order valence-corrected chi connectivity index (χ3v) is 3.09. The second-order valence-corrected chi connectivity index (χ2v) is 4.61. The Hall–Kier alpha value is -1.000. The minimum atomic E-state index is -0.357. The van der Waals surface area contributed by atoms with Crippen LogP contribution in [0.1, 0.15) is 18.9 Å². The van der Waals surface area contributed by atoms with E-state index in [0.29, 0.717) is 0 Å². The van der Waals surface area contributed by atoms with Crippen LogP contribution in [-0.2, 0) is 5.54 Å². The van der Waals surface area contributed by atoms with E-state index < -0.39 is 0 Å². The highest BCUT2D eigenvalue weighted by atomic mass is 32.1. The van der Waals surface area contributed by atoms with Crippen molar-refractivity contribution in [3.63, 3.8) is 0 Å². The molecule has 68 valence electrons. The lowest BCUT2D eigenvalue weighted by atomic mass is 10.1. The maximum Gasteiger partial charge on any atom is 0.113 e. The summed E-state index contributed by atoms with van der Waals surface area (Å²) in [5, 5.41) is 0.954. The molecule has 2 N–H and O–H groups in total. The minimum Gasteiger partial charge on any atom is -0.320 e. The molecule has 0 atom stereocenters. The van der Waals surface area contributed by atoms with E-state index in [1.54, 1.807) is 17.5 Å². The maximum absolute atomic E-state index is 5.95. The van der Waals surface area contributed by atoms with Crippen molar-refractivity contribution < 1.29 is 0 Å². The molecule has 0 spiro atoms. The number of hydrogen-bond donors (Lipinski definition) is 1. The Labute approximate surface area is 80.6 Å². The van der Waals surface area contributed by atoms with Crippen molar-refractivity contribution in [2.75, 3.05) is 0 Å². The van der Waals surface area contributed by atoms with Crippen LogP contribution in [0.2, 0.25) is 0 Å². The quantitative estimate of drug-likeness (QED) is 0.752. The molecule has 0 aromatic carbocycles. The lowest BCUT2D eigenvalue weighted by Gasteiger charge is -2.13. The molecule has 0 unspecified atom stereocenters. The molecule has 0 saturated heterocycles. The third-order valence-electron chi connectivity index (χ3n) is 1.74. The fraction of sp³-hybridized carbons (Fsp3) is 0.333. The number of fused-ring (bicyclic) bond motifs is 1. The largest absolute Gasteiger partial charge is 0.320 e. The van der Waals surface area contributed by atoms with Gasteiger partial charge < -0.3 is 5.73 Å². The normalized spacial score (nSPS) is 12.2. The van der Waals surface area contributed by atoms with Gasteiger partial charge in [-0.2, -0.15) is 0 Å². The zero-order chi connectivity index (χ0) is 9.47. The van der Waals surface area contributed by atoms with Crippen molar-refractivity contribution in [1.29, 1.82) is 0 Å². The van der Waals surface area contributed by atoms with Crippen molar-refractivity contribution in [3.8, 4) is 0 Å². The molecule has 0 aliphatic carbocycles. The van der Waals surface area contributed by atoms with Crippen LogP contribution in [0.15, 0.2) is 18.5 Å². The van der Waals surface area contributed by atoms with Gasteiger partial charge in [0.05, 0.1) is 15.8 Å². The van der Waals surface area contributed by atoms with Crippen LogP contribution >= 0.6 is 11.3 Å². The first-order chi connectivity index (χ1) is 6.07. The molecular weight excluding hydrogens is 182 g/mol. The second kappa shape index (κ2) is 2.75. The zero-order valence-corrected chi connectivity index (χ0v) is 8.43. The average Bonchev–Trinajstić information content (AvgIpc) is 2.45. The maximum atomic E-state index is 5.95. The standard InChI is InChI=1S/C9H11N3S/c1-9(2,10)8-12-6-3-4-11-5-7(6)13-8/h3-5H,10H2,1-2H3. The molecule has 4 heteroatoms. The van der Waals surface area contributed by atoms with Crippen LogP contribution in [0.3, 0.4) is 0 Å². The molecule has 0 aliphatic heterocycles. The lowest BCUT2D eigenvalue weighted by Crippen LogP contribution is -2.28. The number of thiazole rings is 1. The first-order valence-electron chi connectivity index (χ1n) is 4.07. The number of aromatic nitrogens is 2.